The van der Waals surface area contributed by atoms with Crippen LogP contribution in [0.5, 0.6) is 0 Å². The van der Waals surface area contributed by atoms with Crippen LogP contribution in [0, 0.1) is 0 Å². The van der Waals surface area contributed by atoms with Crippen molar-refractivity contribution in [1.29, 1.82) is 0 Å². The summed E-state index contributed by atoms with van der Waals surface area (Å²) in [4.78, 5) is 16.7. The first-order valence-corrected chi connectivity index (χ1v) is 7.14. The van der Waals surface area contributed by atoms with Crippen molar-refractivity contribution >= 4 is 29.3 Å². The molecule has 3 aromatic rings. The van der Waals surface area contributed by atoms with Gasteiger partial charge in [0, 0.05) is 4.90 Å². The van der Waals surface area contributed by atoms with E-state index in [1.54, 1.807) is 18.0 Å². The highest BCUT2D eigenvalue weighted by Gasteiger charge is 2.08. The van der Waals surface area contributed by atoms with Crippen LogP contribution in [0.4, 0.5) is 10.6 Å². The van der Waals surface area contributed by atoms with Gasteiger partial charge in [0.15, 0.2) is 5.82 Å². The van der Waals surface area contributed by atoms with E-state index in [1.165, 1.54) is 7.11 Å². The first kappa shape index (κ1) is 13.5. The van der Waals surface area contributed by atoms with Crippen molar-refractivity contribution in [1.82, 2.24) is 9.38 Å². The Morgan fingerprint density at radius 1 is 1.19 bits per heavy atom. The summed E-state index contributed by atoms with van der Waals surface area (Å²) in [6.07, 6.45) is 1.24. The van der Waals surface area contributed by atoms with E-state index < -0.39 is 6.09 Å². The molecule has 5 nitrogen and oxygen atoms in total. The SMILES string of the molecule is COC(=O)Nc1cn2c(Sc3ccccc3)cccc2n1. The zero-order valence-electron chi connectivity index (χ0n) is 11.3. The predicted octanol–water partition coefficient (Wildman–Crippen LogP) is 3.66. The summed E-state index contributed by atoms with van der Waals surface area (Å²) in [6, 6.07) is 15.9. The first-order valence-electron chi connectivity index (χ1n) is 6.32. The number of fused-ring (bicyclic) bond motifs is 1. The third kappa shape index (κ3) is 3.00. The second-order valence-electron chi connectivity index (χ2n) is 4.25. The number of pyridine rings is 1. The molecule has 0 atom stereocenters. The van der Waals surface area contributed by atoms with Crippen LogP contribution in [0.3, 0.4) is 0 Å². The number of aromatic nitrogens is 2. The number of methoxy groups -OCH3 is 1. The maximum atomic E-state index is 11.2. The molecular weight excluding hydrogens is 286 g/mol. The molecule has 1 amide bonds. The Labute approximate surface area is 126 Å². The van der Waals surface area contributed by atoms with Gasteiger partial charge in [-0.2, -0.15) is 0 Å². The fraction of sp³-hybridized carbons (Fsp3) is 0.0667. The van der Waals surface area contributed by atoms with E-state index in [-0.39, 0.29) is 0 Å². The maximum Gasteiger partial charge on any atom is 0.412 e. The second-order valence-corrected chi connectivity index (χ2v) is 5.34. The molecule has 0 radical (unpaired) electrons. The first-order chi connectivity index (χ1) is 10.3. The Hall–Kier alpha value is -2.47. The fourth-order valence-electron chi connectivity index (χ4n) is 1.89. The number of anilines is 1. The molecule has 6 heteroatoms. The van der Waals surface area contributed by atoms with Gasteiger partial charge in [0.2, 0.25) is 0 Å². The average Bonchev–Trinajstić information content (AvgIpc) is 2.91. The maximum absolute atomic E-state index is 11.2. The van der Waals surface area contributed by atoms with Gasteiger partial charge in [0.05, 0.1) is 18.3 Å². The fourth-order valence-corrected chi connectivity index (χ4v) is 2.82. The zero-order valence-corrected chi connectivity index (χ0v) is 12.1. The van der Waals surface area contributed by atoms with Crippen LogP contribution in [0.15, 0.2) is 64.6 Å². The van der Waals surface area contributed by atoms with E-state index in [1.807, 2.05) is 52.9 Å². The van der Waals surface area contributed by atoms with Gasteiger partial charge in [-0.05, 0) is 24.3 Å². The minimum absolute atomic E-state index is 0.461. The van der Waals surface area contributed by atoms with Crippen LogP contribution >= 0.6 is 11.8 Å². The average molecular weight is 299 g/mol. The summed E-state index contributed by atoms with van der Waals surface area (Å²) in [5.74, 6) is 0.461. The number of rotatable bonds is 3. The molecular formula is C15H13N3O2S. The van der Waals surface area contributed by atoms with Crippen molar-refractivity contribution in [2.45, 2.75) is 9.92 Å². The standard InChI is InChI=1S/C15H13N3O2S/c1-20-15(19)17-12-10-18-13(16-12)8-5-9-14(18)21-11-6-3-2-4-7-11/h2-10H,1H3,(H,17,19). The molecule has 0 fully saturated rings. The van der Waals surface area contributed by atoms with Crippen LogP contribution in [-0.4, -0.2) is 22.6 Å². The molecule has 2 aromatic heterocycles. The van der Waals surface area contributed by atoms with Crippen LogP contribution in [0.1, 0.15) is 0 Å². The summed E-state index contributed by atoms with van der Waals surface area (Å²) >= 11 is 1.63. The number of hydrogen-bond donors (Lipinski definition) is 1. The smallest absolute Gasteiger partial charge is 0.412 e. The molecule has 106 valence electrons. The lowest BCUT2D eigenvalue weighted by Crippen LogP contribution is -2.10. The van der Waals surface area contributed by atoms with Gasteiger partial charge < -0.3 is 4.74 Å². The molecule has 1 aromatic carbocycles. The number of amides is 1. The Morgan fingerprint density at radius 2 is 2.00 bits per heavy atom. The van der Waals surface area contributed by atoms with Crippen molar-refractivity contribution in [2.75, 3.05) is 12.4 Å². The highest BCUT2D eigenvalue weighted by atomic mass is 32.2. The Balaban J connectivity index is 1.94. The lowest BCUT2D eigenvalue weighted by atomic mass is 10.4. The van der Waals surface area contributed by atoms with Crippen molar-refractivity contribution < 1.29 is 9.53 Å². The zero-order chi connectivity index (χ0) is 14.7. The summed E-state index contributed by atoms with van der Waals surface area (Å²) in [7, 11) is 1.32. The molecule has 1 N–H and O–H groups in total. The normalized spacial score (nSPS) is 10.5. The van der Waals surface area contributed by atoms with Crippen molar-refractivity contribution in [2.24, 2.45) is 0 Å². The van der Waals surface area contributed by atoms with E-state index in [0.29, 0.717) is 5.82 Å². The number of ether oxygens (including phenoxy) is 1. The minimum atomic E-state index is -0.532. The number of benzene rings is 1. The molecule has 2 heterocycles. The van der Waals surface area contributed by atoms with Crippen LogP contribution in [-0.2, 0) is 4.74 Å². The van der Waals surface area contributed by atoms with Gasteiger partial charge in [-0.1, -0.05) is 36.0 Å². The summed E-state index contributed by atoms with van der Waals surface area (Å²) in [5.41, 5.74) is 0.766. The number of imidazole rings is 1. The Bertz CT molecular complexity index is 771. The van der Waals surface area contributed by atoms with E-state index in [9.17, 15) is 4.79 Å². The lowest BCUT2D eigenvalue weighted by Gasteiger charge is -2.04. The van der Waals surface area contributed by atoms with Gasteiger partial charge in [0.25, 0.3) is 0 Å². The molecule has 0 aliphatic carbocycles. The topological polar surface area (TPSA) is 55.6 Å². The largest absolute Gasteiger partial charge is 0.453 e. The van der Waals surface area contributed by atoms with Gasteiger partial charge in [0.1, 0.15) is 5.65 Å². The summed E-state index contributed by atoms with van der Waals surface area (Å²) in [6.45, 7) is 0. The van der Waals surface area contributed by atoms with Gasteiger partial charge in [-0.3, -0.25) is 9.72 Å². The van der Waals surface area contributed by atoms with E-state index in [4.69, 9.17) is 0 Å². The molecule has 0 saturated heterocycles. The van der Waals surface area contributed by atoms with Gasteiger partial charge in [-0.15, -0.1) is 0 Å². The third-order valence-corrected chi connectivity index (χ3v) is 3.89. The monoisotopic (exact) mass is 299 g/mol. The number of carbonyl (C=O) groups is 1. The second kappa shape index (κ2) is 5.88. The van der Waals surface area contributed by atoms with Crippen molar-refractivity contribution in [3.05, 3.63) is 54.7 Å². The minimum Gasteiger partial charge on any atom is -0.453 e. The lowest BCUT2D eigenvalue weighted by molar-refractivity contribution is 0.187. The quantitative estimate of drug-likeness (QED) is 0.802. The molecule has 0 unspecified atom stereocenters. The number of nitrogens with one attached hydrogen (secondary N) is 1. The summed E-state index contributed by atoms with van der Waals surface area (Å²) < 4.78 is 6.50. The summed E-state index contributed by atoms with van der Waals surface area (Å²) in [5, 5.41) is 3.59. The molecule has 21 heavy (non-hydrogen) atoms. The van der Waals surface area contributed by atoms with Gasteiger partial charge >= 0.3 is 6.09 Å². The molecule has 0 bridgehead atoms. The van der Waals surface area contributed by atoms with E-state index in [2.05, 4.69) is 15.0 Å². The number of nitrogens with zero attached hydrogens (tertiary/aromatic N) is 2. The van der Waals surface area contributed by atoms with Gasteiger partial charge in [-0.25, -0.2) is 9.78 Å². The molecule has 0 aliphatic heterocycles. The molecule has 0 saturated carbocycles. The highest BCUT2D eigenvalue weighted by molar-refractivity contribution is 7.99. The third-order valence-electron chi connectivity index (χ3n) is 2.84. The van der Waals surface area contributed by atoms with Crippen LogP contribution < -0.4 is 5.32 Å². The predicted molar refractivity (Wildman–Crippen MR) is 81.8 cm³/mol. The van der Waals surface area contributed by atoms with Crippen molar-refractivity contribution in [3.8, 4) is 0 Å². The molecule has 3 rings (SSSR count). The van der Waals surface area contributed by atoms with Crippen molar-refractivity contribution in [3.63, 3.8) is 0 Å². The Morgan fingerprint density at radius 3 is 2.76 bits per heavy atom. The Kier molecular flexibility index (Phi) is 3.79. The van der Waals surface area contributed by atoms with Crippen LogP contribution in [0.25, 0.3) is 5.65 Å². The number of hydrogen-bond acceptors (Lipinski definition) is 4. The molecule has 0 spiro atoms. The van der Waals surface area contributed by atoms with E-state index in [0.717, 1.165) is 15.6 Å². The van der Waals surface area contributed by atoms with Crippen LogP contribution in [0.2, 0.25) is 0 Å². The number of carbonyl (C=O) groups excluding carboxylic acids is 1. The highest BCUT2D eigenvalue weighted by Crippen LogP contribution is 2.28. The van der Waals surface area contributed by atoms with E-state index >= 15 is 0 Å². The molecule has 0 aliphatic rings.